The predicted molar refractivity (Wildman–Crippen MR) is 89.3 cm³/mol. The molecule has 4 rings (SSSR count). The molecule has 0 fully saturated rings. The normalized spacial score (nSPS) is 13.2. The lowest BCUT2D eigenvalue weighted by molar-refractivity contribution is 0.662. The topological polar surface area (TPSA) is 72.3 Å². The summed E-state index contributed by atoms with van der Waals surface area (Å²) >= 11 is 0. The lowest BCUT2D eigenvalue weighted by atomic mass is 10.1. The quantitative estimate of drug-likeness (QED) is 0.629. The molecule has 0 aromatic carbocycles. The maximum atomic E-state index is 4.47. The Hall–Kier alpha value is -2.76. The number of aromatic nitrogens is 6. The molecule has 4 aromatic heterocycles. The predicted octanol–water partition coefficient (Wildman–Crippen LogP) is 3.44. The highest BCUT2D eigenvalue weighted by Gasteiger charge is 2.20. The van der Waals surface area contributed by atoms with Crippen LogP contribution < -0.4 is 0 Å². The van der Waals surface area contributed by atoms with Gasteiger partial charge in [0.15, 0.2) is 5.65 Å². The van der Waals surface area contributed by atoms with Crippen LogP contribution in [0, 0.1) is 0 Å². The van der Waals surface area contributed by atoms with E-state index in [2.05, 4.69) is 56.7 Å². The molecule has 0 spiro atoms. The van der Waals surface area contributed by atoms with Crippen molar-refractivity contribution in [1.29, 1.82) is 0 Å². The number of H-pyrrole nitrogens is 1. The number of aromatic amines is 1. The molecular formula is C17H18N6. The summed E-state index contributed by atoms with van der Waals surface area (Å²) in [5, 5.41) is 8.39. The van der Waals surface area contributed by atoms with Crippen LogP contribution in [-0.4, -0.2) is 29.7 Å². The zero-order valence-electron chi connectivity index (χ0n) is 13.4. The summed E-state index contributed by atoms with van der Waals surface area (Å²) < 4.78 is 2.25. The SMILES string of the molecule is CC(C)c1cn(C(C)c2c[nH]c3nccnc23)c2ccnnc12. The molecule has 116 valence electrons. The fourth-order valence-corrected chi connectivity index (χ4v) is 3.10. The van der Waals surface area contributed by atoms with Crippen molar-refractivity contribution in [2.24, 2.45) is 0 Å². The minimum Gasteiger partial charge on any atom is -0.344 e. The summed E-state index contributed by atoms with van der Waals surface area (Å²) in [7, 11) is 0. The van der Waals surface area contributed by atoms with Crippen LogP contribution in [-0.2, 0) is 0 Å². The van der Waals surface area contributed by atoms with Crippen LogP contribution in [0.4, 0.5) is 0 Å². The number of rotatable bonds is 3. The third-order valence-corrected chi connectivity index (χ3v) is 4.35. The number of fused-ring (bicyclic) bond motifs is 2. The van der Waals surface area contributed by atoms with Crippen molar-refractivity contribution in [3.05, 3.63) is 48.2 Å². The Balaban J connectivity index is 1.92. The molecule has 0 aliphatic heterocycles. The van der Waals surface area contributed by atoms with E-state index in [0.29, 0.717) is 5.92 Å². The molecule has 6 nitrogen and oxygen atoms in total. The Kier molecular flexibility index (Phi) is 3.11. The van der Waals surface area contributed by atoms with E-state index >= 15 is 0 Å². The zero-order chi connectivity index (χ0) is 16.0. The van der Waals surface area contributed by atoms with Crippen LogP contribution in [0.5, 0.6) is 0 Å². The molecule has 1 unspecified atom stereocenters. The Morgan fingerprint density at radius 2 is 1.83 bits per heavy atom. The lowest BCUT2D eigenvalue weighted by Gasteiger charge is -2.14. The Labute approximate surface area is 133 Å². The van der Waals surface area contributed by atoms with Crippen molar-refractivity contribution in [2.75, 3.05) is 0 Å². The van der Waals surface area contributed by atoms with E-state index in [0.717, 1.165) is 27.8 Å². The molecule has 0 amide bonds. The maximum Gasteiger partial charge on any atom is 0.156 e. The summed E-state index contributed by atoms with van der Waals surface area (Å²) in [6, 6.07) is 2.14. The minimum absolute atomic E-state index is 0.125. The molecule has 1 atom stereocenters. The fraction of sp³-hybridized carbons (Fsp3) is 0.294. The second-order valence-electron chi connectivity index (χ2n) is 6.09. The van der Waals surface area contributed by atoms with Crippen molar-refractivity contribution in [3.63, 3.8) is 0 Å². The third-order valence-electron chi connectivity index (χ3n) is 4.35. The standard InChI is InChI=1S/C17H18N6/c1-10(2)13-9-23(14-4-5-21-22-15(13)14)11(3)12-8-20-17-16(12)18-6-7-19-17/h4-11H,1-3H3,(H,19,20). The Morgan fingerprint density at radius 3 is 2.65 bits per heavy atom. The molecule has 6 heteroatoms. The van der Waals surface area contributed by atoms with Crippen molar-refractivity contribution in [1.82, 2.24) is 29.7 Å². The highest BCUT2D eigenvalue weighted by molar-refractivity contribution is 5.81. The first-order valence-electron chi connectivity index (χ1n) is 7.77. The summed E-state index contributed by atoms with van der Waals surface area (Å²) in [4.78, 5) is 12.0. The van der Waals surface area contributed by atoms with Crippen LogP contribution in [0.15, 0.2) is 37.1 Å². The Morgan fingerprint density at radius 1 is 1.00 bits per heavy atom. The molecule has 4 aromatic rings. The molecule has 0 radical (unpaired) electrons. The van der Waals surface area contributed by atoms with Gasteiger partial charge in [-0.2, -0.15) is 5.10 Å². The van der Waals surface area contributed by atoms with Gasteiger partial charge < -0.3 is 9.55 Å². The molecule has 0 aliphatic rings. The van der Waals surface area contributed by atoms with E-state index < -0.39 is 0 Å². The monoisotopic (exact) mass is 306 g/mol. The molecule has 1 N–H and O–H groups in total. The average Bonchev–Trinajstić information content (AvgIpc) is 3.16. The van der Waals surface area contributed by atoms with Gasteiger partial charge in [-0.05, 0) is 18.9 Å². The first-order chi connectivity index (χ1) is 11.2. The van der Waals surface area contributed by atoms with Crippen LogP contribution in [0.2, 0.25) is 0 Å². The number of hydrogen-bond donors (Lipinski definition) is 1. The van der Waals surface area contributed by atoms with Crippen molar-refractivity contribution < 1.29 is 0 Å². The fourth-order valence-electron chi connectivity index (χ4n) is 3.10. The highest BCUT2D eigenvalue weighted by atomic mass is 15.1. The van der Waals surface area contributed by atoms with E-state index in [1.807, 2.05) is 12.3 Å². The number of nitrogens with one attached hydrogen (secondary N) is 1. The molecule has 0 saturated carbocycles. The van der Waals surface area contributed by atoms with Gasteiger partial charge in [-0.15, -0.1) is 5.10 Å². The van der Waals surface area contributed by atoms with Crippen LogP contribution >= 0.6 is 0 Å². The van der Waals surface area contributed by atoms with E-state index in [1.165, 1.54) is 5.56 Å². The first-order valence-corrected chi connectivity index (χ1v) is 7.77. The summed E-state index contributed by atoms with van der Waals surface area (Å²) in [6.07, 6.45) is 9.34. The summed E-state index contributed by atoms with van der Waals surface area (Å²) in [5.41, 5.74) is 6.13. The summed E-state index contributed by atoms with van der Waals surface area (Å²) in [6.45, 7) is 6.52. The molecule has 4 heterocycles. The molecule has 0 saturated heterocycles. The highest BCUT2D eigenvalue weighted by Crippen LogP contribution is 2.32. The molecule has 0 aliphatic carbocycles. The second-order valence-corrected chi connectivity index (χ2v) is 6.09. The Bertz CT molecular complexity index is 981. The number of nitrogens with zero attached hydrogens (tertiary/aromatic N) is 5. The first kappa shape index (κ1) is 13.9. The van der Waals surface area contributed by atoms with E-state index in [-0.39, 0.29) is 6.04 Å². The molecule has 0 bridgehead atoms. The summed E-state index contributed by atoms with van der Waals surface area (Å²) in [5.74, 6) is 0.394. The third kappa shape index (κ3) is 2.10. The smallest absolute Gasteiger partial charge is 0.156 e. The van der Waals surface area contributed by atoms with Crippen LogP contribution in [0.3, 0.4) is 0 Å². The van der Waals surface area contributed by atoms with Gasteiger partial charge in [0.1, 0.15) is 11.0 Å². The van der Waals surface area contributed by atoms with Gasteiger partial charge in [-0.25, -0.2) is 4.98 Å². The van der Waals surface area contributed by atoms with Gasteiger partial charge in [0.05, 0.1) is 17.8 Å². The van der Waals surface area contributed by atoms with E-state index in [4.69, 9.17) is 0 Å². The van der Waals surface area contributed by atoms with Gasteiger partial charge in [-0.1, -0.05) is 13.8 Å². The minimum atomic E-state index is 0.125. The van der Waals surface area contributed by atoms with Crippen molar-refractivity contribution in [2.45, 2.75) is 32.7 Å². The largest absolute Gasteiger partial charge is 0.344 e. The van der Waals surface area contributed by atoms with Crippen LogP contribution in [0.25, 0.3) is 22.2 Å². The average molecular weight is 306 g/mol. The molecular weight excluding hydrogens is 288 g/mol. The van der Waals surface area contributed by atoms with Gasteiger partial charge in [0.25, 0.3) is 0 Å². The van der Waals surface area contributed by atoms with E-state index in [9.17, 15) is 0 Å². The lowest BCUT2D eigenvalue weighted by Crippen LogP contribution is -2.05. The second kappa shape index (κ2) is 5.15. The van der Waals surface area contributed by atoms with Gasteiger partial charge >= 0.3 is 0 Å². The van der Waals surface area contributed by atoms with Crippen molar-refractivity contribution in [3.8, 4) is 0 Å². The maximum absolute atomic E-state index is 4.47. The van der Waals surface area contributed by atoms with Crippen LogP contribution in [0.1, 0.15) is 43.9 Å². The van der Waals surface area contributed by atoms with Gasteiger partial charge in [0, 0.05) is 35.9 Å². The van der Waals surface area contributed by atoms with E-state index in [1.54, 1.807) is 18.6 Å². The zero-order valence-corrected chi connectivity index (χ0v) is 13.4. The number of hydrogen-bond acceptors (Lipinski definition) is 4. The van der Waals surface area contributed by atoms with Gasteiger partial charge in [0.2, 0.25) is 0 Å². The van der Waals surface area contributed by atoms with Gasteiger partial charge in [-0.3, -0.25) is 4.98 Å². The molecule has 23 heavy (non-hydrogen) atoms. The van der Waals surface area contributed by atoms with Crippen molar-refractivity contribution >= 4 is 22.2 Å².